The summed E-state index contributed by atoms with van der Waals surface area (Å²) in [6.45, 7) is 0. The predicted molar refractivity (Wildman–Crippen MR) is 55.2 cm³/mol. The summed E-state index contributed by atoms with van der Waals surface area (Å²) in [5, 5.41) is 3.24. The van der Waals surface area contributed by atoms with Gasteiger partial charge < -0.3 is 4.74 Å². The summed E-state index contributed by atoms with van der Waals surface area (Å²) in [5.41, 5.74) is 0.858. The third-order valence-electron chi connectivity index (χ3n) is 2.43. The Labute approximate surface area is 88.7 Å². The zero-order valence-electron chi connectivity index (χ0n) is 8.64. The van der Waals surface area contributed by atoms with Crippen molar-refractivity contribution in [3.8, 4) is 0 Å². The molecule has 80 valence electrons. The lowest BCUT2D eigenvalue weighted by Crippen LogP contribution is -2.31. The molecule has 1 aromatic heterocycles. The molecule has 1 unspecified atom stereocenters. The Morgan fingerprint density at radius 1 is 1.67 bits per heavy atom. The topological polar surface area (TPSA) is 51.2 Å². The van der Waals surface area contributed by atoms with Gasteiger partial charge in [0, 0.05) is 18.4 Å². The van der Waals surface area contributed by atoms with Gasteiger partial charge in [0.25, 0.3) is 0 Å². The van der Waals surface area contributed by atoms with Crippen molar-refractivity contribution < 1.29 is 9.53 Å². The Morgan fingerprint density at radius 2 is 2.47 bits per heavy atom. The van der Waals surface area contributed by atoms with E-state index in [2.05, 4.69) is 10.3 Å². The fourth-order valence-electron chi connectivity index (χ4n) is 1.45. The van der Waals surface area contributed by atoms with E-state index in [1.54, 1.807) is 12.4 Å². The molecule has 4 heteroatoms. The summed E-state index contributed by atoms with van der Waals surface area (Å²) < 4.78 is 4.77. The highest BCUT2D eigenvalue weighted by atomic mass is 16.5. The standard InChI is InChI=1S/C11H14N2O2/c1-15-11(14)10(13-9-4-5-9)8-3-2-6-12-7-8/h2-3,6-7,9-10,13H,4-5H2,1H3. The second-order valence-electron chi connectivity index (χ2n) is 3.68. The Morgan fingerprint density at radius 3 is 3.00 bits per heavy atom. The average Bonchev–Trinajstić information content (AvgIpc) is 3.10. The highest BCUT2D eigenvalue weighted by molar-refractivity contribution is 5.77. The SMILES string of the molecule is COC(=O)C(NC1CC1)c1cccnc1. The molecule has 2 rings (SSSR count). The Hall–Kier alpha value is -1.42. The third kappa shape index (κ3) is 2.53. The van der Waals surface area contributed by atoms with Crippen molar-refractivity contribution >= 4 is 5.97 Å². The molecule has 1 saturated carbocycles. The van der Waals surface area contributed by atoms with E-state index in [4.69, 9.17) is 4.74 Å². The molecule has 4 nitrogen and oxygen atoms in total. The van der Waals surface area contributed by atoms with Gasteiger partial charge in [-0.2, -0.15) is 0 Å². The number of pyridine rings is 1. The van der Waals surface area contributed by atoms with E-state index in [0.29, 0.717) is 6.04 Å². The summed E-state index contributed by atoms with van der Waals surface area (Å²) in [6, 6.07) is 3.77. The number of hydrogen-bond donors (Lipinski definition) is 1. The number of nitrogens with one attached hydrogen (secondary N) is 1. The van der Waals surface area contributed by atoms with Crippen molar-refractivity contribution in [3.63, 3.8) is 0 Å². The van der Waals surface area contributed by atoms with E-state index in [9.17, 15) is 4.79 Å². The van der Waals surface area contributed by atoms with Crippen LogP contribution in [0.3, 0.4) is 0 Å². The van der Waals surface area contributed by atoms with Gasteiger partial charge >= 0.3 is 5.97 Å². The van der Waals surface area contributed by atoms with Crippen molar-refractivity contribution in [3.05, 3.63) is 30.1 Å². The molecule has 15 heavy (non-hydrogen) atoms. The quantitative estimate of drug-likeness (QED) is 0.748. The summed E-state index contributed by atoms with van der Waals surface area (Å²) in [7, 11) is 1.40. The average molecular weight is 206 g/mol. The smallest absolute Gasteiger partial charge is 0.327 e. The van der Waals surface area contributed by atoms with Crippen molar-refractivity contribution in [2.45, 2.75) is 24.9 Å². The molecule has 0 aliphatic heterocycles. The van der Waals surface area contributed by atoms with Gasteiger partial charge in [0.05, 0.1) is 7.11 Å². The Balaban J connectivity index is 2.13. The number of nitrogens with zero attached hydrogens (tertiary/aromatic N) is 1. The molecule has 0 aromatic carbocycles. The first-order valence-corrected chi connectivity index (χ1v) is 5.05. The number of rotatable bonds is 4. The van der Waals surface area contributed by atoms with Crippen LogP contribution in [0.5, 0.6) is 0 Å². The van der Waals surface area contributed by atoms with Crippen LogP contribution < -0.4 is 5.32 Å². The Bertz CT molecular complexity index is 336. The lowest BCUT2D eigenvalue weighted by atomic mass is 10.1. The largest absolute Gasteiger partial charge is 0.468 e. The Kier molecular flexibility index (Phi) is 2.97. The van der Waals surface area contributed by atoms with Crippen LogP contribution in [0.4, 0.5) is 0 Å². The number of ether oxygens (including phenoxy) is 1. The second-order valence-corrected chi connectivity index (χ2v) is 3.68. The lowest BCUT2D eigenvalue weighted by Gasteiger charge is -2.15. The monoisotopic (exact) mass is 206 g/mol. The fraction of sp³-hybridized carbons (Fsp3) is 0.455. The molecule has 0 amide bonds. The maximum atomic E-state index is 11.6. The maximum absolute atomic E-state index is 11.6. The van der Waals surface area contributed by atoms with Crippen LogP contribution in [-0.2, 0) is 9.53 Å². The van der Waals surface area contributed by atoms with Gasteiger partial charge in [0.1, 0.15) is 6.04 Å². The highest BCUT2D eigenvalue weighted by Gasteiger charge is 2.29. The molecular formula is C11H14N2O2. The number of aromatic nitrogens is 1. The first-order chi connectivity index (χ1) is 7.31. The van der Waals surface area contributed by atoms with E-state index in [1.165, 1.54) is 7.11 Å². The number of esters is 1. The van der Waals surface area contributed by atoms with Crippen molar-refractivity contribution in [2.24, 2.45) is 0 Å². The first kappa shape index (κ1) is 10.1. The molecule has 1 fully saturated rings. The molecule has 1 heterocycles. The van der Waals surface area contributed by atoms with Gasteiger partial charge in [0.2, 0.25) is 0 Å². The predicted octanol–water partition coefficient (Wildman–Crippen LogP) is 1.05. The fourth-order valence-corrected chi connectivity index (χ4v) is 1.45. The molecule has 1 aliphatic carbocycles. The van der Waals surface area contributed by atoms with Gasteiger partial charge in [-0.3, -0.25) is 10.3 Å². The van der Waals surface area contributed by atoms with E-state index in [0.717, 1.165) is 18.4 Å². The summed E-state index contributed by atoms with van der Waals surface area (Å²) in [6.07, 6.45) is 5.65. The molecule has 1 aromatic rings. The van der Waals surface area contributed by atoms with Crippen molar-refractivity contribution in [1.29, 1.82) is 0 Å². The van der Waals surface area contributed by atoms with Crippen LogP contribution in [0.25, 0.3) is 0 Å². The van der Waals surface area contributed by atoms with E-state index in [1.807, 2.05) is 12.1 Å². The number of carbonyl (C=O) groups excluding carboxylic acids is 1. The minimum absolute atomic E-state index is 0.255. The summed E-state index contributed by atoms with van der Waals surface area (Å²) in [5.74, 6) is -0.255. The normalized spacial score (nSPS) is 17.1. The van der Waals surface area contributed by atoms with Crippen LogP contribution in [0.1, 0.15) is 24.4 Å². The van der Waals surface area contributed by atoms with Crippen LogP contribution in [0.15, 0.2) is 24.5 Å². The van der Waals surface area contributed by atoms with Crippen LogP contribution >= 0.6 is 0 Å². The zero-order chi connectivity index (χ0) is 10.7. The number of carbonyl (C=O) groups is 1. The molecule has 0 bridgehead atoms. The molecule has 1 atom stereocenters. The number of hydrogen-bond acceptors (Lipinski definition) is 4. The van der Waals surface area contributed by atoms with Gasteiger partial charge in [-0.15, -0.1) is 0 Å². The minimum Gasteiger partial charge on any atom is -0.468 e. The van der Waals surface area contributed by atoms with Gasteiger partial charge in [-0.25, -0.2) is 4.79 Å². The minimum atomic E-state index is -0.379. The summed E-state index contributed by atoms with van der Waals surface area (Å²) >= 11 is 0. The first-order valence-electron chi connectivity index (χ1n) is 5.05. The maximum Gasteiger partial charge on any atom is 0.327 e. The lowest BCUT2D eigenvalue weighted by molar-refractivity contribution is -0.143. The van der Waals surface area contributed by atoms with Gasteiger partial charge in [0.15, 0.2) is 0 Å². The molecule has 0 radical (unpaired) electrons. The van der Waals surface area contributed by atoms with Gasteiger partial charge in [-0.1, -0.05) is 6.07 Å². The van der Waals surface area contributed by atoms with Crippen molar-refractivity contribution in [2.75, 3.05) is 7.11 Å². The molecule has 1 N–H and O–H groups in total. The second kappa shape index (κ2) is 4.40. The third-order valence-corrected chi connectivity index (χ3v) is 2.43. The zero-order valence-corrected chi connectivity index (χ0v) is 8.64. The molecule has 0 spiro atoms. The van der Waals surface area contributed by atoms with E-state index in [-0.39, 0.29) is 12.0 Å². The summed E-state index contributed by atoms with van der Waals surface area (Å²) in [4.78, 5) is 15.6. The molecular weight excluding hydrogens is 192 g/mol. The molecule has 0 saturated heterocycles. The molecule has 1 aliphatic rings. The van der Waals surface area contributed by atoms with Crippen molar-refractivity contribution in [1.82, 2.24) is 10.3 Å². The van der Waals surface area contributed by atoms with E-state index < -0.39 is 0 Å². The number of methoxy groups -OCH3 is 1. The van der Waals surface area contributed by atoms with E-state index >= 15 is 0 Å². The van der Waals surface area contributed by atoms with Crippen LogP contribution in [0, 0.1) is 0 Å². The van der Waals surface area contributed by atoms with Crippen LogP contribution in [-0.4, -0.2) is 24.1 Å². The van der Waals surface area contributed by atoms with Crippen LogP contribution in [0.2, 0.25) is 0 Å². The van der Waals surface area contributed by atoms with Gasteiger partial charge in [-0.05, 0) is 24.5 Å². The highest BCUT2D eigenvalue weighted by Crippen LogP contribution is 2.24.